The number of amides is 2. The van der Waals surface area contributed by atoms with Gasteiger partial charge >= 0.3 is 0 Å². The molecule has 2 rings (SSSR count). The summed E-state index contributed by atoms with van der Waals surface area (Å²) in [5, 5.41) is 9.47. The topological polar surface area (TPSA) is 57.6 Å². The molecular formula is C12H11Cl2NO3. The van der Waals surface area contributed by atoms with E-state index in [0.29, 0.717) is 18.5 Å². The Kier molecular flexibility index (Phi) is 3.50. The maximum atomic E-state index is 11.9. The number of rotatable bonds is 1. The number of benzene rings is 1. The Bertz CT molecular complexity index is 489. The molecule has 0 bridgehead atoms. The van der Waals surface area contributed by atoms with Crippen LogP contribution in [-0.2, 0) is 9.59 Å². The van der Waals surface area contributed by atoms with E-state index in [9.17, 15) is 14.7 Å². The molecule has 0 atom stereocenters. The molecule has 0 aliphatic carbocycles. The molecule has 0 radical (unpaired) electrons. The Morgan fingerprint density at radius 1 is 1.17 bits per heavy atom. The summed E-state index contributed by atoms with van der Waals surface area (Å²) in [7, 11) is 0. The van der Waals surface area contributed by atoms with E-state index in [-0.39, 0.29) is 33.5 Å². The van der Waals surface area contributed by atoms with Crippen molar-refractivity contribution in [1.29, 1.82) is 0 Å². The van der Waals surface area contributed by atoms with Crippen molar-refractivity contribution in [2.24, 2.45) is 5.92 Å². The number of carbonyl (C=O) groups excluding carboxylic acids is 2. The summed E-state index contributed by atoms with van der Waals surface area (Å²) in [5.41, 5.74) is 0.296. The summed E-state index contributed by atoms with van der Waals surface area (Å²) >= 11 is 11.6. The van der Waals surface area contributed by atoms with Crippen LogP contribution in [0.15, 0.2) is 12.1 Å². The second-order valence-electron chi connectivity index (χ2n) is 4.39. The number of phenolic OH excluding ortho intramolecular Hbond substituents is 1. The Hall–Kier alpha value is -1.26. The normalized spacial score (nSPS) is 17.4. The molecule has 6 heteroatoms. The van der Waals surface area contributed by atoms with Crippen LogP contribution in [0.2, 0.25) is 10.0 Å². The first-order valence-electron chi connectivity index (χ1n) is 5.44. The molecule has 0 spiro atoms. The largest absolute Gasteiger partial charge is 0.505 e. The van der Waals surface area contributed by atoms with Crippen LogP contribution in [0.5, 0.6) is 5.75 Å². The van der Waals surface area contributed by atoms with Gasteiger partial charge < -0.3 is 5.11 Å². The first-order valence-corrected chi connectivity index (χ1v) is 6.19. The fraction of sp³-hybridized carbons (Fsp3) is 0.333. The Labute approximate surface area is 114 Å². The molecular weight excluding hydrogens is 277 g/mol. The van der Waals surface area contributed by atoms with E-state index in [4.69, 9.17) is 23.2 Å². The van der Waals surface area contributed by atoms with E-state index in [1.54, 1.807) is 0 Å². The standard InChI is InChI=1S/C12H11Cl2NO3/c1-6-2-10(16)15(11(17)3-6)7-4-8(13)12(18)9(14)5-7/h4-6,18H,2-3H2,1H3. The van der Waals surface area contributed by atoms with E-state index in [1.165, 1.54) is 12.1 Å². The molecule has 1 saturated heterocycles. The molecule has 1 aliphatic heterocycles. The molecule has 1 aliphatic rings. The summed E-state index contributed by atoms with van der Waals surface area (Å²) < 4.78 is 0. The van der Waals surface area contributed by atoms with Crippen molar-refractivity contribution in [3.05, 3.63) is 22.2 Å². The Morgan fingerprint density at radius 2 is 1.61 bits per heavy atom. The highest BCUT2D eigenvalue weighted by Gasteiger charge is 2.32. The van der Waals surface area contributed by atoms with Crippen LogP contribution in [0.1, 0.15) is 19.8 Å². The predicted octanol–water partition coefficient (Wildman–Crippen LogP) is 2.99. The lowest BCUT2D eigenvalue weighted by Crippen LogP contribution is -2.42. The molecule has 0 saturated carbocycles. The number of hydrogen-bond acceptors (Lipinski definition) is 3. The molecule has 1 heterocycles. The van der Waals surface area contributed by atoms with Crippen LogP contribution in [0, 0.1) is 5.92 Å². The summed E-state index contributed by atoms with van der Waals surface area (Å²) in [6.07, 6.45) is 0.615. The minimum atomic E-state index is -0.281. The first-order chi connectivity index (χ1) is 8.40. The smallest absolute Gasteiger partial charge is 0.234 e. The zero-order valence-corrected chi connectivity index (χ0v) is 11.1. The molecule has 1 aromatic rings. The van der Waals surface area contributed by atoms with Crippen molar-refractivity contribution < 1.29 is 14.7 Å². The summed E-state index contributed by atoms with van der Waals surface area (Å²) in [5.74, 6) is -0.773. The van der Waals surface area contributed by atoms with Gasteiger partial charge in [-0.2, -0.15) is 0 Å². The molecule has 1 fully saturated rings. The van der Waals surface area contributed by atoms with E-state index < -0.39 is 0 Å². The van der Waals surface area contributed by atoms with E-state index >= 15 is 0 Å². The van der Waals surface area contributed by atoms with Crippen LogP contribution in [0.4, 0.5) is 5.69 Å². The van der Waals surface area contributed by atoms with Gasteiger partial charge in [-0.3, -0.25) is 14.5 Å². The predicted molar refractivity (Wildman–Crippen MR) is 69.0 cm³/mol. The van der Waals surface area contributed by atoms with Gasteiger partial charge in [-0.15, -0.1) is 0 Å². The minimum Gasteiger partial charge on any atom is -0.505 e. The second-order valence-corrected chi connectivity index (χ2v) is 5.21. The third-order valence-electron chi connectivity index (χ3n) is 2.80. The summed E-state index contributed by atoms with van der Waals surface area (Å²) in [6.45, 7) is 1.85. The lowest BCUT2D eigenvalue weighted by Gasteiger charge is -2.28. The van der Waals surface area contributed by atoms with Gasteiger partial charge in [0.15, 0.2) is 5.75 Å². The van der Waals surface area contributed by atoms with Gasteiger partial charge in [-0.25, -0.2) is 0 Å². The maximum Gasteiger partial charge on any atom is 0.234 e. The van der Waals surface area contributed by atoms with Crippen molar-refractivity contribution in [2.75, 3.05) is 4.90 Å². The molecule has 0 aromatic heterocycles. The van der Waals surface area contributed by atoms with Gasteiger partial charge in [0.05, 0.1) is 15.7 Å². The minimum absolute atomic E-state index is 0.0109. The van der Waals surface area contributed by atoms with Gasteiger partial charge in [-0.1, -0.05) is 30.1 Å². The van der Waals surface area contributed by atoms with Crippen LogP contribution >= 0.6 is 23.2 Å². The maximum absolute atomic E-state index is 11.9. The van der Waals surface area contributed by atoms with Gasteiger partial charge in [0.25, 0.3) is 0 Å². The number of phenols is 1. The zero-order valence-electron chi connectivity index (χ0n) is 9.61. The quantitative estimate of drug-likeness (QED) is 0.808. The van der Waals surface area contributed by atoms with Crippen LogP contribution in [0.25, 0.3) is 0 Å². The summed E-state index contributed by atoms with van der Waals surface area (Å²) in [6, 6.07) is 2.71. The molecule has 2 amide bonds. The van der Waals surface area contributed by atoms with Crippen LogP contribution < -0.4 is 4.90 Å². The SMILES string of the molecule is CC1CC(=O)N(c2cc(Cl)c(O)c(Cl)c2)C(=O)C1. The molecule has 0 unspecified atom stereocenters. The van der Waals surface area contributed by atoms with Gasteiger partial charge in [-0.05, 0) is 18.1 Å². The zero-order chi connectivity index (χ0) is 13.4. The monoisotopic (exact) mass is 287 g/mol. The number of carbonyl (C=O) groups is 2. The van der Waals surface area contributed by atoms with Gasteiger partial charge in [0, 0.05) is 12.8 Å². The third-order valence-corrected chi connectivity index (χ3v) is 3.38. The van der Waals surface area contributed by atoms with E-state index in [1.807, 2.05) is 6.92 Å². The van der Waals surface area contributed by atoms with Crippen molar-refractivity contribution in [2.45, 2.75) is 19.8 Å². The number of hydrogen-bond donors (Lipinski definition) is 1. The van der Waals surface area contributed by atoms with Crippen LogP contribution in [0.3, 0.4) is 0 Å². The van der Waals surface area contributed by atoms with E-state index in [0.717, 1.165) is 4.90 Å². The van der Waals surface area contributed by atoms with Crippen molar-refractivity contribution in [1.82, 2.24) is 0 Å². The lowest BCUT2D eigenvalue weighted by atomic mass is 9.97. The number of aromatic hydroxyl groups is 1. The molecule has 1 N–H and O–H groups in total. The van der Waals surface area contributed by atoms with Crippen LogP contribution in [-0.4, -0.2) is 16.9 Å². The molecule has 1 aromatic carbocycles. The first kappa shape index (κ1) is 13.2. The highest BCUT2D eigenvalue weighted by Crippen LogP contribution is 2.37. The number of halogens is 2. The van der Waals surface area contributed by atoms with E-state index in [2.05, 4.69) is 0 Å². The second kappa shape index (κ2) is 4.78. The van der Waals surface area contributed by atoms with Gasteiger partial charge in [0.2, 0.25) is 11.8 Å². The highest BCUT2D eigenvalue weighted by atomic mass is 35.5. The average molecular weight is 288 g/mol. The number of piperidine rings is 1. The average Bonchev–Trinajstić information content (AvgIpc) is 2.24. The Balaban J connectivity index is 2.42. The van der Waals surface area contributed by atoms with Crippen molar-refractivity contribution in [3.63, 3.8) is 0 Å². The molecule has 96 valence electrons. The van der Waals surface area contributed by atoms with Gasteiger partial charge in [0.1, 0.15) is 0 Å². The molecule has 18 heavy (non-hydrogen) atoms. The Morgan fingerprint density at radius 3 is 2.06 bits per heavy atom. The molecule has 4 nitrogen and oxygen atoms in total. The number of imide groups is 1. The van der Waals surface area contributed by atoms with Crippen molar-refractivity contribution >= 4 is 40.7 Å². The number of anilines is 1. The van der Waals surface area contributed by atoms with Crippen molar-refractivity contribution in [3.8, 4) is 5.75 Å². The highest BCUT2D eigenvalue weighted by molar-refractivity contribution is 6.38. The summed E-state index contributed by atoms with van der Waals surface area (Å²) in [4.78, 5) is 24.8. The fourth-order valence-electron chi connectivity index (χ4n) is 1.96. The third kappa shape index (κ3) is 2.31. The lowest BCUT2D eigenvalue weighted by molar-refractivity contribution is -0.130. The fourth-order valence-corrected chi connectivity index (χ4v) is 2.43. The number of nitrogens with zero attached hydrogens (tertiary/aromatic N) is 1.